The Balaban J connectivity index is 1.69. The summed E-state index contributed by atoms with van der Waals surface area (Å²) in [7, 11) is 0. The number of carboxylic acids is 1. The SMILES string of the molecule is O=C(Nc1csc(-c2cccc(Br)c2)c1C(=O)O)c1nc2ccccc2o1. The predicted molar refractivity (Wildman–Crippen MR) is 106 cm³/mol. The predicted octanol–water partition coefficient (Wildman–Crippen LogP) is 5.27. The number of anilines is 1. The van der Waals surface area contributed by atoms with Crippen LogP contribution < -0.4 is 5.32 Å². The number of hydrogen-bond donors (Lipinski definition) is 2. The maximum Gasteiger partial charge on any atom is 0.339 e. The number of carbonyl (C=O) groups excluding carboxylic acids is 1. The Morgan fingerprint density at radius 3 is 2.70 bits per heavy atom. The van der Waals surface area contributed by atoms with Crippen molar-refractivity contribution in [3.8, 4) is 10.4 Å². The molecular weight excluding hydrogens is 432 g/mol. The molecule has 2 aromatic carbocycles. The average Bonchev–Trinajstić information content (AvgIpc) is 3.25. The molecule has 0 unspecified atom stereocenters. The highest BCUT2D eigenvalue weighted by atomic mass is 79.9. The average molecular weight is 443 g/mol. The van der Waals surface area contributed by atoms with Crippen molar-refractivity contribution in [1.29, 1.82) is 0 Å². The molecule has 0 fully saturated rings. The van der Waals surface area contributed by atoms with Gasteiger partial charge in [-0.2, -0.15) is 0 Å². The molecule has 0 saturated heterocycles. The van der Waals surface area contributed by atoms with E-state index in [0.717, 1.165) is 10.0 Å². The Kier molecular flexibility index (Phi) is 4.51. The molecule has 0 radical (unpaired) electrons. The number of benzene rings is 2. The van der Waals surface area contributed by atoms with Gasteiger partial charge in [0.1, 0.15) is 11.1 Å². The molecule has 0 aliphatic heterocycles. The molecule has 2 N–H and O–H groups in total. The first-order valence-electron chi connectivity index (χ1n) is 7.80. The summed E-state index contributed by atoms with van der Waals surface area (Å²) >= 11 is 4.62. The first-order chi connectivity index (χ1) is 13.0. The lowest BCUT2D eigenvalue weighted by atomic mass is 10.1. The van der Waals surface area contributed by atoms with Crippen molar-refractivity contribution in [2.75, 3.05) is 5.32 Å². The monoisotopic (exact) mass is 442 g/mol. The van der Waals surface area contributed by atoms with Crippen LogP contribution in [0.5, 0.6) is 0 Å². The van der Waals surface area contributed by atoms with Gasteiger partial charge in [0, 0.05) is 9.85 Å². The number of aromatic nitrogens is 1. The molecule has 4 rings (SSSR count). The van der Waals surface area contributed by atoms with Gasteiger partial charge in [-0.05, 0) is 29.8 Å². The molecular formula is C19H11BrN2O4S. The van der Waals surface area contributed by atoms with Crippen LogP contribution in [0.3, 0.4) is 0 Å². The Labute approximate surface area is 165 Å². The molecule has 0 aliphatic rings. The molecule has 134 valence electrons. The highest BCUT2D eigenvalue weighted by Crippen LogP contribution is 2.37. The molecule has 2 aromatic heterocycles. The van der Waals surface area contributed by atoms with Crippen LogP contribution in [0.1, 0.15) is 21.0 Å². The molecule has 0 bridgehead atoms. The number of aromatic carboxylic acids is 1. The topological polar surface area (TPSA) is 92.4 Å². The van der Waals surface area contributed by atoms with E-state index in [9.17, 15) is 14.7 Å². The van der Waals surface area contributed by atoms with E-state index in [0.29, 0.717) is 16.0 Å². The van der Waals surface area contributed by atoms with Crippen LogP contribution in [0.15, 0.2) is 62.8 Å². The van der Waals surface area contributed by atoms with E-state index >= 15 is 0 Å². The molecule has 0 aliphatic carbocycles. The zero-order valence-electron chi connectivity index (χ0n) is 13.6. The highest BCUT2D eigenvalue weighted by Gasteiger charge is 2.23. The van der Waals surface area contributed by atoms with Crippen molar-refractivity contribution in [1.82, 2.24) is 4.98 Å². The minimum atomic E-state index is -1.13. The van der Waals surface area contributed by atoms with Gasteiger partial charge in [-0.25, -0.2) is 9.78 Å². The lowest BCUT2D eigenvalue weighted by Gasteiger charge is -2.05. The molecule has 0 spiro atoms. The van der Waals surface area contributed by atoms with Crippen LogP contribution in [0.2, 0.25) is 0 Å². The lowest BCUT2D eigenvalue weighted by molar-refractivity contribution is 0.0699. The number of thiophene rings is 1. The Bertz CT molecular complexity index is 1150. The normalized spacial score (nSPS) is 10.9. The molecule has 27 heavy (non-hydrogen) atoms. The summed E-state index contributed by atoms with van der Waals surface area (Å²) in [6, 6.07) is 14.3. The first kappa shape index (κ1) is 17.4. The number of halogens is 1. The van der Waals surface area contributed by atoms with E-state index in [2.05, 4.69) is 26.2 Å². The van der Waals surface area contributed by atoms with Crippen LogP contribution >= 0.6 is 27.3 Å². The first-order valence-corrected chi connectivity index (χ1v) is 9.48. The number of fused-ring (bicyclic) bond motifs is 1. The Morgan fingerprint density at radius 1 is 1.15 bits per heavy atom. The van der Waals surface area contributed by atoms with Crippen molar-refractivity contribution in [3.63, 3.8) is 0 Å². The number of nitrogens with zero attached hydrogens (tertiary/aromatic N) is 1. The smallest absolute Gasteiger partial charge is 0.339 e. The summed E-state index contributed by atoms with van der Waals surface area (Å²) < 4.78 is 6.27. The number of rotatable bonds is 4. The maximum atomic E-state index is 12.5. The lowest BCUT2D eigenvalue weighted by Crippen LogP contribution is -2.14. The molecule has 1 amide bonds. The molecule has 8 heteroatoms. The van der Waals surface area contributed by atoms with E-state index in [1.54, 1.807) is 29.6 Å². The van der Waals surface area contributed by atoms with Crippen LogP contribution in [0, 0.1) is 0 Å². The summed E-state index contributed by atoms with van der Waals surface area (Å²) in [5.41, 5.74) is 2.02. The van der Waals surface area contributed by atoms with Crippen molar-refractivity contribution < 1.29 is 19.1 Å². The number of nitrogens with one attached hydrogen (secondary N) is 1. The second-order valence-electron chi connectivity index (χ2n) is 5.61. The van der Waals surface area contributed by atoms with Crippen LogP contribution in [0.4, 0.5) is 5.69 Å². The van der Waals surface area contributed by atoms with Crippen molar-refractivity contribution in [3.05, 3.63) is 69.8 Å². The third-order valence-corrected chi connectivity index (χ3v) is 5.35. The summed E-state index contributed by atoms with van der Waals surface area (Å²) in [6.07, 6.45) is 0. The quantitative estimate of drug-likeness (QED) is 0.448. The van der Waals surface area contributed by atoms with Gasteiger partial charge in [-0.15, -0.1) is 11.3 Å². The van der Waals surface area contributed by atoms with Gasteiger partial charge in [0.2, 0.25) is 0 Å². The number of hydrogen-bond acceptors (Lipinski definition) is 5. The minimum Gasteiger partial charge on any atom is -0.478 e. The van der Waals surface area contributed by atoms with Gasteiger partial charge >= 0.3 is 11.9 Å². The number of para-hydroxylation sites is 2. The fourth-order valence-corrected chi connectivity index (χ4v) is 4.04. The van der Waals surface area contributed by atoms with Gasteiger partial charge in [-0.3, -0.25) is 4.79 Å². The molecule has 0 atom stereocenters. The van der Waals surface area contributed by atoms with E-state index in [1.165, 1.54) is 11.3 Å². The summed E-state index contributed by atoms with van der Waals surface area (Å²) in [6.45, 7) is 0. The third kappa shape index (κ3) is 3.36. The number of carbonyl (C=O) groups is 2. The van der Waals surface area contributed by atoms with E-state index in [1.807, 2.05) is 24.3 Å². The van der Waals surface area contributed by atoms with Gasteiger partial charge in [0.25, 0.3) is 5.89 Å². The zero-order chi connectivity index (χ0) is 19.0. The molecule has 4 aromatic rings. The van der Waals surface area contributed by atoms with Gasteiger partial charge in [0.15, 0.2) is 5.58 Å². The van der Waals surface area contributed by atoms with Crippen molar-refractivity contribution in [2.24, 2.45) is 0 Å². The van der Waals surface area contributed by atoms with Crippen molar-refractivity contribution >= 4 is 55.9 Å². The van der Waals surface area contributed by atoms with Crippen LogP contribution in [-0.4, -0.2) is 22.0 Å². The Hall–Kier alpha value is -2.97. The number of oxazole rings is 1. The van der Waals surface area contributed by atoms with Gasteiger partial charge in [0.05, 0.1) is 10.6 Å². The van der Waals surface area contributed by atoms with Crippen LogP contribution in [-0.2, 0) is 0 Å². The second-order valence-corrected chi connectivity index (χ2v) is 7.41. The van der Waals surface area contributed by atoms with Gasteiger partial charge < -0.3 is 14.8 Å². The maximum absolute atomic E-state index is 12.5. The second kappa shape index (κ2) is 6.98. The summed E-state index contributed by atoms with van der Waals surface area (Å²) in [5.74, 6) is -1.85. The largest absolute Gasteiger partial charge is 0.478 e. The standard InChI is InChI=1S/C19H11BrN2O4S/c20-11-5-3-4-10(8-11)16-15(19(24)25)13(9-27-16)21-17(23)18-22-12-6-1-2-7-14(12)26-18/h1-9H,(H,21,23)(H,24,25). The third-order valence-electron chi connectivity index (χ3n) is 3.83. The highest BCUT2D eigenvalue weighted by molar-refractivity contribution is 9.10. The zero-order valence-corrected chi connectivity index (χ0v) is 16.0. The molecule has 2 heterocycles. The number of carboxylic acid groups (broad SMARTS) is 1. The fourth-order valence-electron chi connectivity index (χ4n) is 2.65. The van der Waals surface area contributed by atoms with Gasteiger partial charge in [-0.1, -0.05) is 40.2 Å². The fraction of sp³-hybridized carbons (Fsp3) is 0. The van der Waals surface area contributed by atoms with E-state index < -0.39 is 11.9 Å². The van der Waals surface area contributed by atoms with E-state index in [4.69, 9.17) is 4.42 Å². The Morgan fingerprint density at radius 2 is 1.96 bits per heavy atom. The minimum absolute atomic E-state index is 0.0301. The summed E-state index contributed by atoms with van der Waals surface area (Å²) in [4.78, 5) is 29.0. The summed E-state index contributed by atoms with van der Waals surface area (Å²) in [5, 5.41) is 13.9. The van der Waals surface area contributed by atoms with E-state index in [-0.39, 0.29) is 17.1 Å². The van der Waals surface area contributed by atoms with Crippen molar-refractivity contribution in [2.45, 2.75) is 0 Å². The molecule has 6 nitrogen and oxygen atoms in total. The molecule has 0 saturated carbocycles. The number of amides is 1. The van der Waals surface area contributed by atoms with Crippen LogP contribution in [0.25, 0.3) is 21.5 Å².